The molecule has 1 aromatic heterocycles. The maximum atomic E-state index is 13.5. The molecule has 0 fully saturated rings. The fourth-order valence-corrected chi connectivity index (χ4v) is 4.55. The van der Waals surface area contributed by atoms with Gasteiger partial charge < -0.3 is 15.7 Å². The van der Waals surface area contributed by atoms with Gasteiger partial charge >= 0.3 is 5.97 Å². The molecule has 0 aliphatic carbocycles. The first kappa shape index (κ1) is 23.3. The molecule has 0 radical (unpaired) electrons. The predicted molar refractivity (Wildman–Crippen MR) is 132 cm³/mol. The molecule has 34 heavy (non-hydrogen) atoms. The lowest BCUT2D eigenvalue weighted by atomic mass is 9.89. The van der Waals surface area contributed by atoms with E-state index in [4.69, 9.17) is 0 Å². The second kappa shape index (κ2) is 9.17. The molecule has 4 rings (SSSR count). The number of carboxylic acids is 1. The number of carbonyl (C=O) groups is 2. The third-order valence-corrected chi connectivity index (χ3v) is 6.21. The van der Waals surface area contributed by atoms with Gasteiger partial charge in [0.1, 0.15) is 11.4 Å². The van der Waals surface area contributed by atoms with E-state index in [0.29, 0.717) is 17.8 Å². The number of carboxylic acid groups (broad SMARTS) is 1. The Hall–Kier alpha value is -3.87. The van der Waals surface area contributed by atoms with E-state index in [1.165, 1.54) is 6.08 Å². The molecule has 7 heteroatoms. The minimum atomic E-state index is -1.06. The van der Waals surface area contributed by atoms with Gasteiger partial charge in [-0.2, -0.15) is 5.10 Å². The van der Waals surface area contributed by atoms with E-state index < -0.39 is 11.5 Å². The van der Waals surface area contributed by atoms with E-state index in [9.17, 15) is 14.7 Å². The minimum Gasteiger partial charge on any atom is -0.478 e. The summed E-state index contributed by atoms with van der Waals surface area (Å²) in [5, 5.41) is 20.3. The number of hydrogen-bond acceptors (Lipinski definition) is 4. The van der Waals surface area contributed by atoms with Gasteiger partial charge in [-0.3, -0.25) is 4.79 Å². The summed E-state index contributed by atoms with van der Waals surface area (Å²) in [6, 6.07) is 19.9. The average molecular weight is 459 g/mol. The van der Waals surface area contributed by atoms with E-state index in [1.807, 2.05) is 60.1 Å². The van der Waals surface area contributed by atoms with Gasteiger partial charge in [0.05, 0.1) is 23.3 Å². The molecule has 176 valence electrons. The second-order valence-corrected chi connectivity index (χ2v) is 9.65. The molecule has 2 heterocycles. The van der Waals surface area contributed by atoms with Crippen LogP contribution in [0.3, 0.4) is 0 Å². The van der Waals surface area contributed by atoms with Crippen LogP contribution in [0.5, 0.6) is 0 Å². The Morgan fingerprint density at radius 1 is 1.18 bits per heavy atom. The number of nitrogens with zero attached hydrogens (tertiary/aromatic N) is 2. The molecular formula is C27H30N4O3. The summed E-state index contributed by atoms with van der Waals surface area (Å²) >= 11 is 0. The molecule has 1 amide bonds. The first-order chi connectivity index (χ1) is 16.2. The smallest absolute Gasteiger partial charge is 0.328 e. The molecule has 1 aliphatic heterocycles. The van der Waals surface area contributed by atoms with Crippen LogP contribution in [0.2, 0.25) is 0 Å². The zero-order valence-electron chi connectivity index (χ0n) is 19.7. The normalized spacial score (nSPS) is 18.5. The summed E-state index contributed by atoms with van der Waals surface area (Å²) in [5.41, 5.74) is 1.36. The van der Waals surface area contributed by atoms with E-state index in [0.717, 1.165) is 23.6 Å². The fraction of sp³-hybridized carbons (Fsp3) is 0.296. The van der Waals surface area contributed by atoms with Gasteiger partial charge in [0.2, 0.25) is 0 Å². The molecule has 0 spiro atoms. The van der Waals surface area contributed by atoms with Gasteiger partial charge in [0.25, 0.3) is 5.91 Å². The van der Waals surface area contributed by atoms with Crippen LogP contribution in [0.4, 0.5) is 5.82 Å². The largest absolute Gasteiger partial charge is 0.478 e. The number of benzene rings is 2. The highest BCUT2D eigenvalue weighted by molar-refractivity contribution is 5.99. The van der Waals surface area contributed by atoms with Gasteiger partial charge in [-0.05, 0) is 44.7 Å². The Morgan fingerprint density at radius 2 is 1.82 bits per heavy atom. The summed E-state index contributed by atoms with van der Waals surface area (Å²) < 4.78 is 1.86. The van der Waals surface area contributed by atoms with Crippen molar-refractivity contribution >= 4 is 17.7 Å². The van der Waals surface area contributed by atoms with Crippen molar-refractivity contribution in [2.75, 3.05) is 5.32 Å². The molecule has 3 N–H and O–H groups in total. The molecule has 2 atom stereocenters. The maximum Gasteiger partial charge on any atom is 0.328 e. The molecule has 0 saturated carbocycles. The van der Waals surface area contributed by atoms with Crippen LogP contribution in [0, 0.1) is 0 Å². The quantitative estimate of drug-likeness (QED) is 0.452. The lowest BCUT2D eigenvalue weighted by molar-refractivity contribution is -0.131. The number of anilines is 1. The van der Waals surface area contributed by atoms with Crippen LogP contribution < -0.4 is 10.6 Å². The first-order valence-corrected chi connectivity index (χ1v) is 11.4. The molecular weight excluding hydrogens is 428 g/mol. The highest BCUT2D eigenvalue weighted by atomic mass is 16.4. The van der Waals surface area contributed by atoms with Crippen LogP contribution >= 0.6 is 0 Å². The molecule has 2 unspecified atom stereocenters. The summed E-state index contributed by atoms with van der Waals surface area (Å²) in [6.07, 6.45) is 5.44. The zero-order valence-corrected chi connectivity index (χ0v) is 19.7. The number of hydrogen-bond donors (Lipinski definition) is 3. The fourth-order valence-electron chi connectivity index (χ4n) is 4.55. The van der Waals surface area contributed by atoms with Crippen molar-refractivity contribution in [1.82, 2.24) is 15.1 Å². The van der Waals surface area contributed by atoms with Crippen molar-refractivity contribution in [1.29, 1.82) is 0 Å². The first-order valence-electron chi connectivity index (χ1n) is 11.4. The molecule has 0 saturated heterocycles. The third-order valence-electron chi connectivity index (χ3n) is 6.21. The number of rotatable bonds is 7. The summed E-state index contributed by atoms with van der Waals surface area (Å²) in [6.45, 7) is 6.03. The molecule has 2 aromatic carbocycles. The summed E-state index contributed by atoms with van der Waals surface area (Å²) in [4.78, 5) is 24.7. The Kier molecular flexibility index (Phi) is 6.28. The topological polar surface area (TPSA) is 96.2 Å². The Bertz CT molecular complexity index is 1200. The van der Waals surface area contributed by atoms with Gasteiger partial charge in [0.15, 0.2) is 0 Å². The van der Waals surface area contributed by atoms with E-state index in [-0.39, 0.29) is 17.5 Å². The van der Waals surface area contributed by atoms with Gasteiger partial charge in [-0.1, -0.05) is 66.7 Å². The van der Waals surface area contributed by atoms with Crippen LogP contribution in [-0.2, 0) is 16.8 Å². The number of fused-ring (bicyclic) bond motifs is 1. The van der Waals surface area contributed by atoms with Crippen molar-refractivity contribution in [3.63, 3.8) is 0 Å². The van der Waals surface area contributed by atoms with Crippen molar-refractivity contribution in [3.05, 3.63) is 95.7 Å². The van der Waals surface area contributed by atoms with Crippen LogP contribution in [0.15, 0.2) is 79.0 Å². The summed E-state index contributed by atoms with van der Waals surface area (Å²) in [5.74, 6) is -0.718. The Balaban J connectivity index is 1.64. The van der Waals surface area contributed by atoms with Crippen LogP contribution in [-0.4, -0.2) is 32.3 Å². The SMILES string of the molecule is CC(/C=C/C(=O)O)(Cc1ccccc1)NC(=O)c1cnn2c1NC(c1ccccc1)CC2(C)C. The molecule has 0 bridgehead atoms. The van der Waals surface area contributed by atoms with Gasteiger partial charge in [-0.25, -0.2) is 9.48 Å². The lowest BCUT2D eigenvalue weighted by Crippen LogP contribution is -2.46. The van der Waals surface area contributed by atoms with Gasteiger partial charge in [0, 0.05) is 6.08 Å². The maximum absolute atomic E-state index is 13.5. The van der Waals surface area contributed by atoms with Crippen LogP contribution in [0.1, 0.15) is 54.7 Å². The number of nitrogens with one attached hydrogen (secondary N) is 2. The third kappa shape index (κ3) is 5.03. The molecule has 1 aliphatic rings. The average Bonchev–Trinajstić information content (AvgIpc) is 3.24. The van der Waals surface area contributed by atoms with Crippen molar-refractivity contribution < 1.29 is 14.7 Å². The van der Waals surface area contributed by atoms with E-state index in [1.54, 1.807) is 6.20 Å². The molecule has 7 nitrogen and oxygen atoms in total. The van der Waals surface area contributed by atoms with Crippen LogP contribution in [0.25, 0.3) is 0 Å². The summed E-state index contributed by atoms with van der Waals surface area (Å²) in [7, 11) is 0. The number of aliphatic carboxylic acids is 1. The monoisotopic (exact) mass is 458 g/mol. The highest BCUT2D eigenvalue weighted by Crippen LogP contribution is 2.40. The number of carbonyl (C=O) groups excluding carboxylic acids is 1. The number of aromatic nitrogens is 2. The van der Waals surface area contributed by atoms with E-state index >= 15 is 0 Å². The Morgan fingerprint density at radius 3 is 2.47 bits per heavy atom. The van der Waals surface area contributed by atoms with Crippen molar-refractivity contribution in [2.45, 2.75) is 50.7 Å². The van der Waals surface area contributed by atoms with Crippen molar-refractivity contribution in [3.8, 4) is 0 Å². The van der Waals surface area contributed by atoms with Crippen molar-refractivity contribution in [2.24, 2.45) is 0 Å². The van der Waals surface area contributed by atoms with E-state index in [2.05, 4.69) is 41.7 Å². The standard InChI is InChI=1S/C27H30N4O3/c1-26(2)17-22(20-12-8-5-9-13-20)29-24-21(18-28-31(24)26)25(34)30-27(3,15-14-23(32)33)16-19-10-6-4-7-11-19/h4-15,18,22,29H,16-17H2,1-3H3,(H,30,34)(H,32,33)/b15-14+. The zero-order chi connectivity index (χ0) is 24.3. The predicted octanol–water partition coefficient (Wildman–Crippen LogP) is 4.55. The van der Waals surface area contributed by atoms with Gasteiger partial charge in [-0.15, -0.1) is 0 Å². The second-order valence-electron chi connectivity index (χ2n) is 9.65. The Labute approximate surface area is 199 Å². The highest BCUT2D eigenvalue weighted by Gasteiger charge is 2.37. The minimum absolute atomic E-state index is 0.0366. The lowest BCUT2D eigenvalue weighted by Gasteiger charge is -2.38. The number of amides is 1. The molecule has 3 aromatic rings.